The van der Waals surface area contributed by atoms with Gasteiger partial charge in [-0.3, -0.25) is 4.79 Å². The van der Waals surface area contributed by atoms with E-state index in [4.69, 9.17) is 9.15 Å². The maximum absolute atomic E-state index is 11.8. The smallest absolute Gasteiger partial charge is 0.277 e. The first-order valence-corrected chi connectivity index (χ1v) is 7.83. The molecule has 0 saturated carbocycles. The summed E-state index contributed by atoms with van der Waals surface area (Å²) < 4.78 is 11.0. The van der Waals surface area contributed by atoms with Crippen molar-refractivity contribution in [1.29, 1.82) is 0 Å². The molecule has 0 radical (unpaired) electrons. The van der Waals surface area contributed by atoms with Gasteiger partial charge in [0.25, 0.3) is 5.22 Å². The second-order valence-electron chi connectivity index (χ2n) is 4.82. The molecule has 0 saturated heterocycles. The van der Waals surface area contributed by atoms with Crippen molar-refractivity contribution in [3.05, 3.63) is 24.3 Å². The van der Waals surface area contributed by atoms with Crippen LogP contribution >= 0.6 is 11.8 Å². The molecule has 0 bridgehead atoms. The molecule has 6 nitrogen and oxygen atoms in total. The van der Waals surface area contributed by atoms with Gasteiger partial charge in [0.2, 0.25) is 11.8 Å². The Labute approximate surface area is 133 Å². The van der Waals surface area contributed by atoms with Gasteiger partial charge in [-0.05, 0) is 38.1 Å². The summed E-state index contributed by atoms with van der Waals surface area (Å²) in [5.41, 5.74) is 0.814. The Bertz CT molecular complexity index is 625. The largest absolute Gasteiger partial charge is 0.494 e. The van der Waals surface area contributed by atoms with Crippen LogP contribution in [0.15, 0.2) is 33.9 Å². The molecule has 0 aliphatic heterocycles. The number of aromatic nitrogens is 2. The average molecular weight is 321 g/mol. The van der Waals surface area contributed by atoms with Crippen LogP contribution in [0.4, 0.5) is 0 Å². The lowest BCUT2D eigenvalue weighted by Gasteiger charge is -2.14. The average Bonchev–Trinajstić information content (AvgIpc) is 2.96. The molecule has 2 aromatic rings. The van der Waals surface area contributed by atoms with E-state index in [9.17, 15) is 4.79 Å². The van der Waals surface area contributed by atoms with E-state index in [1.807, 2.05) is 38.1 Å². The Kier molecular flexibility index (Phi) is 5.43. The molecule has 0 unspecified atom stereocenters. The van der Waals surface area contributed by atoms with E-state index in [1.165, 1.54) is 11.8 Å². The van der Waals surface area contributed by atoms with Crippen molar-refractivity contribution in [2.45, 2.75) is 24.3 Å². The number of hydrogen-bond acceptors (Lipinski definition) is 6. The van der Waals surface area contributed by atoms with Crippen molar-refractivity contribution in [2.24, 2.45) is 0 Å². The minimum atomic E-state index is -0.274. The SMILES string of the molecule is CCOc1ccc(-c2nnc(S[C@@H](C)C(=O)N(C)C)o2)cc1. The van der Waals surface area contributed by atoms with Crippen LogP contribution in [0.2, 0.25) is 0 Å². The molecule has 1 aromatic carbocycles. The summed E-state index contributed by atoms with van der Waals surface area (Å²) in [5.74, 6) is 1.23. The van der Waals surface area contributed by atoms with Crippen molar-refractivity contribution in [3.63, 3.8) is 0 Å². The predicted molar refractivity (Wildman–Crippen MR) is 84.9 cm³/mol. The molecule has 0 aliphatic rings. The zero-order chi connectivity index (χ0) is 16.1. The van der Waals surface area contributed by atoms with Gasteiger partial charge in [0, 0.05) is 19.7 Å². The highest BCUT2D eigenvalue weighted by Crippen LogP contribution is 2.27. The highest BCUT2D eigenvalue weighted by atomic mass is 32.2. The van der Waals surface area contributed by atoms with Gasteiger partial charge in [-0.1, -0.05) is 11.8 Å². The molecule has 2 rings (SSSR count). The number of hydrogen-bond donors (Lipinski definition) is 0. The molecule has 1 amide bonds. The van der Waals surface area contributed by atoms with Crippen LogP contribution in [0, 0.1) is 0 Å². The monoisotopic (exact) mass is 321 g/mol. The molecular weight excluding hydrogens is 302 g/mol. The van der Waals surface area contributed by atoms with Gasteiger partial charge < -0.3 is 14.1 Å². The molecule has 22 heavy (non-hydrogen) atoms. The van der Waals surface area contributed by atoms with Gasteiger partial charge in [0.05, 0.1) is 11.9 Å². The summed E-state index contributed by atoms with van der Waals surface area (Å²) in [6.45, 7) is 4.37. The second-order valence-corrected chi connectivity index (χ2v) is 6.12. The zero-order valence-electron chi connectivity index (χ0n) is 13.1. The molecule has 0 N–H and O–H groups in total. The van der Waals surface area contributed by atoms with E-state index in [1.54, 1.807) is 19.0 Å². The van der Waals surface area contributed by atoms with Gasteiger partial charge in [-0.15, -0.1) is 10.2 Å². The number of nitrogens with zero attached hydrogens (tertiary/aromatic N) is 3. The van der Waals surface area contributed by atoms with Crippen LogP contribution in [0.3, 0.4) is 0 Å². The third-order valence-corrected chi connectivity index (χ3v) is 3.81. The Balaban J connectivity index is 2.06. The number of thioether (sulfide) groups is 1. The molecule has 1 atom stereocenters. The van der Waals surface area contributed by atoms with E-state index in [0.29, 0.717) is 17.7 Å². The lowest BCUT2D eigenvalue weighted by molar-refractivity contribution is -0.127. The normalized spacial score (nSPS) is 12.0. The number of carbonyl (C=O) groups excluding carboxylic acids is 1. The molecule has 0 fully saturated rings. The molecule has 1 aromatic heterocycles. The van der Waals surface area contributed by atoms with Crippen LogP contribution in [-0.4, -0.2) is 47.0 Å². The third-order valence-electron chi connectivity index (χ3n) is 2.88. The Hall–Kier alpha value is -2.02. The summed E-state index contributed by atoms with van der Waals surface area (Å²) in [7, 11) is 3.44. The summed E-state index contributed by atoms with van der Waals surface area (Å²) in [6, 6.07) is 7.44. The quantitative estimate of drug-likeness (QED) is 0.762. The fourth-order valence-electron chi connectivity index (χ4n) is 1.80. The van der Waals surface area contributed by atoms with E-state index in [2.05, 4.69) is 10.2 Å². The van der Waals surface area contributed by atoms with Crippen molar-refractivity contribution < 1.29 is 13.9 Å². The van der Waals surface area contributed by atoms with Crippen molar-refractivity contribution in [3.8, 4) is 17.2 Å². The van der Waals surface area contributed by atoms with Gasteiger partial charge in [-0.2, -0.15) is 0 Å². The highest BCUT2D eigenvalue weighted by Gasteiger charge is 2.19. The van der Waals surface area contributed by atoms with Crippen molar-refractivity contribution in [1.82, 2.24) is 15.1 Å². The van der Waals surface area contributed by atoms with Gasteiger partial charge >= 0.3 is 0 Å². The van der Waals surface area contributed by atoms with E-state index in [0.717, 1.165) is 11.3 Å². The Morgan fingerprint density at radius 2 is 2.00 bits per heavy atom. The molecule has 0 spiro atoms. The lowest BCUT2D eigenvalue weighted by atomic mass is 10.2. The number of ether oxygens (including phenoxy) is 1. The summed E-state index contributed by atoms with van der Waals surface area (Å²) in [4.78, 5) is 13.4. The van der Waals surface area contributed by atoms with Crippen LogP contribution in [0.25, 0.3) is 11.5 Å². The highest BCUT2D eigenvalue weighted by molar-refractivity contribution is 8.00. The number of rotatable bonds is 6. The third kappa shape index (κ3) is 4.00. The minimum Gasteiger partial charge on any atom is -0.494 e. The zero-order valence-corrected chi connectivity index (χ0v) is 13.9. The maximum atomic E-state index is 11.8. The molecular formula is C15H19N3O3S. The Morgan fingerprint density at radius 1 is 1.32 bits per heavy atom. The first kappa shape index (κ1) is 16.4. The fraction of sp³-hybridized carbons (Fsp3) is 0.400. The van der Waals surface area contributed by atoms with Crippen molar-refractivity contribution in [2.75, 3.05) is 20.7 Å². The lowest BCUT2D eigenvalue weighted by Crippen LogP contribution is -2.29. The molecule has 7 heteroatoms. The van der Waals surface area contributed by atoms with E-state index >= 15 is 0 Å². The summed E-state index contributed by atoms with van der Waals surface area (Å²) >= 11 is 1.25. The standard InChI is InChI=1S/C15H19N3O3S/c1-5-20-12-8-6-11(7-9-12)13-16-17-15(21-13)22-10(2)14(19)18(3)4/h6-10H,5H2,1-4H3/t10-/m0/s1. The second kappa shape index (κ2) is 7.31. The summed E-state index contributed by atoms with van der Waals surface area (Å²) in [5, 5.41) is 8.10. The van der Waals surface area contributed by atoms with E-state index < -0.39 is 0 Å². The topological polar surface area (TPSA) is 68.5 Å². The fourth-order valence-corrected chi connectivity index (χ4v) is 2.63. The van der Waals surface area contributed by atoms with Crippen LogP contribution in [0.5, 0.6) is 5.75 Å². The Morgan fingerprint density at radius 3 is 2.59 bits per heavy atom. The molecule has 1 heterocycles. The maximum Gasteiger partial charge on any atom is 0.277 e. The predicted octanol–water partition coefficient (Wildman–Crippen LogP) is 2.70. The number of benzene rings is 1. The molecule has 0 aliphatic carbocycles. The van der Waals surface area contributed by atoms with Gasteiger partial charge in [0.15, 0.2) is 0 Å². The minimum absolute atomic E-state index is 0.00539. The first-order chi connectivity index (χ1) is 10.5. The van der Waals surface area contributed by atoms with Crippen LogP contribution < -0.4 is 4.74 Å². The summed E-state index contributed by atoms with van der Waals surface area (Å²) in [6.07, 6.45) is 0. The first-order valence-electron chi connectivity index (χ1n) is 6.95. The van der Waals surface area contributed by atoms with Crippen LogP contribution in [-0.2, 0) is 4.79 Å². The number of amides is 1. The van der Waals surface area contributed by atoms with Crippen molar-refractivity contribution >= 4 is 17.7 Å². The van der Waals surface area contributed by atoms with Crippen LogP contribution in [0.1, 0.15) is 13.8 Å². The van der Waals surface area contributed by atoms with Gasteiger partial charge in [-0.25, -0.2) is 0 Å². The van der Waals surface area contributed by atoms with E-state index in [-0.39, 0.29) is 11.2 Å². The van der Waals surface area contributed by atoms with Gasteiger partial charge in [0.1, 0.15) is 5.75 Å². The molecule has 118 valence electrons. The number of carbonyl (C=O) groups is 1.